The third-order valence-electron chi connectivity index (χ3n) is 3.52. The van der Waals surface area contributed by atoms with E-state index < -0.39 is 21.6 Å². The lowest BCUT2D eigenvalue weighted by Crippen LogP contribution is -2.48. The molecule has 0 bridgehead atoms. The highest BCUT2D eigenvalue weighted by Gasteiger charge is 2.22. The summed E-state index contributed by atoms with van der Waals surface area (Å²) in [4.78, 5) is 18.7. The summed E-state index contributed by atoms with van der Waals surface area (Å²) < 4.78 is 23.2. The van der Waals surface area contributed by atoms with Crippen molar-refractivity contribution in [3.63, 3.8) is 0 Å². The number of carboxylic acids is 1. The van der Waals surface area contributed by atoms with E-state index in [9.17, 15) is 13.2 Å². The fourth-order valence-corrected chi connectivity index (χ4v) is 3.91. The number of anilines is 1. The molecule has 1 aromatic heterocycles. The first-order valence-electron chi connectivity index (χ1n) is 6.97. The highest BCUT2D eigenvalue weighted by Crippen LogP contribution is 2.26. The molecule has 128 valence electrons. The topological polar surface area (TPSA) is 90.8 Å². The molecule has 2 rings (SSSR count). The largest absolute Gasteiger partial charge is 0.480 e. The molecule has 23 heavy (non-hydrogen) atoms. The lowest BCUT2D eigenvalue weighted by molar-refractivity contribution is -0.134. The van der Waals surface area contributed by atoms with Crippen LogP contribution in [0.3, 0.4) is 0 Å². The number of aliphatic carboxylic acids is 1. The molecule has 0 saturated carbocycles. The van der Waals surface area contributed by atoms with E-state index in [4.69, 9.17) is 28.3 Å². The second-order valence-electron chi connectivity index (χ2n) is 5.27. The summed E-state index contributed by atoms with van der Waals surface area (Å²) in [6, 6.07) is 1.64. The lowest BCUT2D eigenvalue weighted by atomic mass is 10.3. The maximum absolute atomic E-state index is 11.6. The molecule has 0 amide bonds. The smallest absolute Gasteiger partial charge is 0.318 e. The van der Waals surface area contributed by atoms with Gasteiger partial charge in [0, 0.05) is 38.9 Å². The molecule has 0 radical (unpaired) electrons. The average Bonchev–Trinajstić information content (AvgIpc) is 2.45. The Hall–Kier alpha value is -1.09. The van der Waals surface area contributed by atoms with Crippen LogP contribution in [0, 0.1) is 0 Å². The number of pyridine rings is 1. The Labute approximate surface area is 144 Å². The van der Waals surface area contributed by atoms with E-state index in [2.05, 4.69) is 4.98 Å². The molecular formula is C13H17Cl2N3O4S. The number of sulfone groups is 1. The molecule has 1 aliphatic rings. The number of hydrogen-bond acceptors (Lipinski definition) is 6. The van der Waals surface area contributed by atoms with Gasteiger partial charge in [0.25, 0.3) is 0 Å². The Morgan fingerprint density at radius 3 is 2.48 bits per heavy atom. The zero-order valence-corrected chi connectivity index (χ0v) is 14.6. The van der Waals surface area contributed by atoms with Crippen molar-refractivity contribution in [2.45, 2.75) is 0 Å². The van der Waals surface area contributed by atoms with Crippen molar-refractivity contribution in [2.75, 3.05) is 49.1 Å². The van der Waals surface area contributed by atoms with E-state index in [1.54, 1.807) is 6.07 Å². The lowest BCUT2D eigenvalue weighted by Gasteiger charge is -2.35. The molecule has 0 aromatic carbocycles. The van der Waals surface area contributed by atoms with Gasteiger partial charge in [-0.05, 0) is 6.07 Å². The number of carboxylic acid groups (broad SMARTS) is 1. The minimum Gasteiger partial charge on any atom is -0.480 e. The number of piperazine rings is 1. The van der Waals surface area contributed by atoms with Gasteiger partial charge in [-0.25, -0.2) is 13.4 Å². The third kappa shape index (κ3) is 5.49. The van der Waals surface area contributed by atoms with E-state index in [1.807, 2.05) is 9.80 Å². The van der Waals surface area contributed by atoms with Gasteiger partial charge in [-0.15, -0.1) is 0 Å². The summed E-state index contributed by atoms with van der Waals surface area (Å²) in [6.45, 7) is 2.96. The Morgan fingerprint density at radius 1 is 1.26 bits per heavy atom. The van der Waals surface area contributed by atoms with E-state index >= 15 is 0 Å². The van der Waals surface area contributed by atoms with Crippen LogP contribution in [0.2, 0.25) is 10.0 Å². The monoisotopic (exact) mass is 381 g/mol. The van der Waals surface area contributed by atoms with Gasteiger partial charge in [-0.1, -0.05) is 23.2 Å². The summed E-state index contributed by atoms with van der Waals surface area (Å²) in [5.74, 6) is -1.64. The average molecular weight is 382 g/mol. The molecule has 1 N–H and O–H groups in total. The molecular weight excluding hydrogens is 365 g/mol. The van der Waals surface area contributed by atoms with Crippen LogP contribution in [0.1, 0.15) is 0 Å². The van der Waals surface area contributed by atoms with Gasteiger partial charge < -0.3 is 10.0 Å². The summed E-state index contributed by atoms with van der Waals surface area (Å²) in [7, 11) is -3.56. The normalized spacial score (nSPS) is 16.5. The molecule has 1 aromatic rings. The fraction of sp³-hybridized carbons (Fsp3) is 0.538. The van der Waals surface area contributed by atoms with E-state index in [1.165, 1.54) is 6.20 Å². The van der Waals surface area contributed by atoms with E-state index in [0.29, 0.717) is 48.6 Å². The molecule has 0 unspecified atom stereocenters. The molecule has 10 heteroatoms. The van der Waals surface area contributed by atoms with Crippen LogP contribution in [-0.2, 0) is 14.6 Å². The van der Waals surface area contributed by atoms with Crippen LogP contribution in [0.4, 0.5) is 5.82 Å². The Balaban J connectivity index is 1.85. The van der Waals surface area contributed by atoms with Crippen LogP contribution < -0.4 is 4.90 Å². The highest BCUT2D eigenvalue weighted by molar-refractivity contribution is 7.92. The third-order valence-corrected chi connectivity index (χ3v) is 5.50. The molecule has 0 spiro atoms. The van der Waals surface area contributed by atoms with Crippen molar-refractivity contribution in [1.82, 2.24) is 9.88 Å². The standard InChI is InChI=1S/C13H17Cl2N3O4S/c14-10-7-11(15)13(16-8-10)18-3-1-17(2-4-18)5-6-23(21,22)9-12(19)20/h7-8H,1-6,9H2,(H,19,20). The minimum absolute atomic E-state index is 0.154. The van der Waals surface area contributed by atoms with Crippen LogP contribution in [0.5, 0.6) is 0 Å². The fourth-order valence-electron chi connectivity index (χ4n) is 2.35. The predicted molar refractivity (Wildman–Crippen MR) is 89.2 cm³/mol. The Kier molecular flexibility index (Phi) is 6.07. The van der Waals surface area contributed by atoms with Gasteiger partial charge in [-0.3, -0.25) is 9.69 Å². The number of halogens is 2. The number of rotatable bonds is 6. The molecule has 1 saturated heterocycles. The zero-order valence-electron chi connectivity index (χ0n) is 12.3. The molecule has 1 aliphatic heterocycles. The summed E-state index contributed by atoms with van der Waals surface area (Å²) in [6.07, 6.45) is 1.54. The summed E-state index contributed by atoms with van der Waals surface area (Å²) in [5.41, 5.74) is 0. The van der Waals surface area contributed by atoms with Crippen LogP contribution in [-0.4, -0.2) is 73.6 Å². The van der Waals surface area contributed by atoms with Gasteiger partial charge in [-0.2, -0.15) is 0 Å². The van der Waals surface area contributed by atoms with E-state index in [0.717, 1.165) is 0 Å². The van der Waals surface area contributed by atoms with Crippen LogP contribution in [0.15, 0.2) is 12.3 Å². The molecule has 2 heterocycles. The molecule has 7 nitrogen and oxygen atoms in total. The minimum atomic E-state index is -3.56. The van der Waals surface area contributed by atoms with Gasteiger partial charge in [0.1, 0.15) is 11.6 Å². The second kappa shape index (κ2) is 7.65. The first-order valence-corrected chi connectivity index (χ1v) is 9.55. The second-order valence-corrected chi connectivity index (χ2v) is 8.30. The first kappa shape index (κ1) is 18.3. The van der Waals surface area contributed by atoms with Crippen molar-refractivity contribution < 1.29 is 18.3 Å². The van der Waals surface area contributed by atoms with Crippen molar-refractivity contribution >= 4 is 44.8 Å². The molecule has 0 aliphatic carbocycles. The zero-order chi connectivity index (χ0) is 17.0. The summed E-state index contributed by atoms with van der Waals surface area (Å²) >= 11 is 12.0. The van der Waals surface area contributed by atoms with Crippen molar-refractivity contribution in [3.8, 4) is 0 Å². The van der Waals surface area contributed by atoms with Crippen LogP contribution in [0.25, 0.3) is 0 Å². The van der Waals surface area contributed by atoms with Crippen molar-refractivity contribution in [2.24, 2.45) is 0 Å². The van der Waals surface area contributed by atoms with Gasteiger partial charge in [0.05, 0.1) is 15.8 Å². The van der Waals surface area contributed by atoms with E-state index in [-0.39, 0.29) is 5.75 Å². The molecule has 1 fully saturated rings. The van der Waals surface area contributed by atoms with Gasteiger partial charge >= 0.3 is 5.97 Å². The Bertz CT molecular complexity index is 676. The first-order chi connectivity index (χ1) is 10.8. The van der Waals surface area contributed by atoms with Crippen LogP contribution >= 0.6 is 23.2 Å². The number of nitrogens with zero attached hydrogens (tertiary/aromatic N) is 3. The SMILES string of the molecule is O=C(O)CS(=O)(=O)CCN1CCN(c2ncc(Cl)cc2Cl)CC1. The van der Waals surface area contributed by atoms with Gasteiger partial charge in [0.2, 0.25) is 0 Å². The summed E-state index contributed by atoms with van der Waals surface area (Å²) in [5, 5.41) is 9.52. The molecule has 0 atom stereocenters. The maximum Gasteiger partial charge on any atom is 0.318 e. The quantitative estimate of drug-likeness (QED) is 0.785. The van der Waals surface area contributed by atoms with Crippen molar-refractivity contribution in [3.05, 3.63) is 22.3 Å². The Morgan fingerprint density at radius 2 is 1.91 bits per heavy atom. The van der Waals surface area contributed by atoms with Crippen molar-refractivity contribution in [1.29, 1.82) is 0 Å². The number of hydrogen-bond donors (Lipinski definition) is 1. The number of carbonyl (C=O) groups is 1. The highest BCUT2D eigenvalue weighted by atomic mass is 35.5. The maximum atomic E-state index is 11.6. The number of aromatic nitrogens is 1. The predicted octanol–water partition coefficient (Wildman–Crippen LogP) is 1.01. The van der Waals surface area contributed by atoms with Gasteiger partial charge in [0.15, 0.2) is 9.84 Å².